The Kier molecular flexibility index (Phi) is 4.82. The summed E-state index contributed by atoms with van der Waals surface area (Å²) >= 11 is 3.52. The molecular formula is C17H23BrN2O3. The van der Waals surface area contributed by atoms with E-state index in [-0.39, 0.29) is 17.9 Å². The van der Waals surface area contributed by atoms with Crippen LogP contribution in [-0.2, 0) is 11.3 Å². The van der Waals surface area contributed by atoms with E-state index in [1.54, 1.807) is 14.2 Å². The Labute approximate surface area is 145 Å². The molecule has 6 heteroatoms. The summed E-state index contributed by atoms with van der Waals surface area (Å²) in [5, 5.41) is 3.04. The van der Waals surface area contributed by atoms with Crippen molar-refractivity contribution in [3.63, 3.8) is 0 Å². The first-order valence-corrected chi connectivity index (χ1v) is 8.78. The van der Waals surface area contributed by atoms with Gasteiger partial charge in [-0.1, -0.05) is 15.9 Å². The summed E-state index contributed by atoms with van der Waals surface area (Å²) in [5.41, 5.74) is 7.19. The normalized spacial score (nSPS) is 28.7. The maximum atomic E-state index is 12.5. The zero-order valence-electron chi connectivity index (χ0n) is 13.5. The molecule has 5 nitrogen and oxygen atoms in total. The lowest BCUT2D eigenvalue weighted by Gasteiger charge is -2.27. The predicted molar refractivity (Wildman–Crippen MR) is 91.4 cm³/mol. The molecule has 2 aliphatic rings. The van der Waals surface area contributed by atoms with Gasteiger partial charge in [0.1, 0.15) is 0 Å². The molecule has 4 unspecified atom stereocenters. The number of methoxy groups -OCH3 is 2. The van der Waals surface area contributed by atoms with Crippen LogP contribution < -0.4 is 20.5 Å². The van der Waals surface area contributed by atoms with Gasteiger partial charge in [0.15, 0.2) is 11.5 Å². The number of nitrogens with one attached hydrogen (secondary N) is 1. The maximum Gasteiger partial charge on any atom is 0.225 e. The van der Waals surface area contributed by atoms with Gasteiger partial charge in [0.2, 0.25) is 5.91 Å². The van der Waals surface area contributed by atoms with Crippen LogP contribution in [0.2, 0.25) is 0 Å². The predicted octanol–water partition coefficient (Wildman–Crippen LogP) is 2.46. The Morgan fingerprint density at radius 2 is 1.91 bits per heavy atom. The zero-order valence-corrected chi connectivity index (χ0v) is 15.1. The molecule has 2 aliphatic carbocycles. The minimum Gasteiger partial charge on any atom is -0.493 e. The van der Waals surface area contributed by atoms with E-state index < -0.39 is 0 Å². The first-order chi connectivity index (χ1) is 11.0. The molecule has 0 aromatic heterocycles. The van der Waals surface area contributed by atoms with Crippen molar-refractivity contribution in [3.8, 4) is 11.5 Å². The van der Waals surface area contributed by atoms with Crippen LogP contribution in [-0.4, -0.2) is 26.2 Å². The number of amides is 1. The summed E-state index contributed by atoms with van der Waals surface area (Å²) in [6.07, 6.45) is 3.42. The Morgan fingerprint density at radius 1 is 1.26 bits per heavy atom. The number of carbonyl (C=O) groups excluding carboxylic acids is 1. The SMILES string of the molecule is COc1cc(Br)c(CNC(=O)C2C3CCC(C3)C2N)cc1OC. The molecule has 1 aromatic rings. The van der Waals surface area contributed by atoms with E-state index in [0.717, 1.165) is 22.9 Å². The molecule has 0 aliphatic heterocycles. The lowest BCUT2D eigenvalue weighted by Crippen LogP contribution is -2.45. The fourth-order valence-electron chi connectivity index (χ4n) is 4.06. The fourth-order valence-corrected chi connectivity index (χ4v) is 4.52. The van der Waals surface area contributed by atoms with Crippen LogP contribution >= 0.6 is 15.9 Å². The van der Waals surface area contributed by atoms with Gasteiger partial charge < -0.3 is 20.5 Å². The first-order valence-electron chi connectivity index (χ1n) is 7.98. The van der Waals surface area contributed by atoms with E-state index in [2.05, 4.69) is 21.2 Å². The summed E-state index contributed by atoms with van der Waals surface area (Å²) in [7, 11) is 3.20. The molecule has 126 valence electrons. The Hall–Kier alpha value is -1.27. The summed E-state index contributed by atoms with van der Waals surface area (Å²) in [6, 6.07) is 3.75. The second-order valence-corrected chi connectivity index (χ2v) is 7.31. The van der Waals surface area contributed by atoms with Crippen LogP contribution in [0, 0.1) is 17.8 Å². The molecule has 3 N–H and O–H groups in total. The molecule has 1 aromatic carbocycles. The van der Waals surface area contributed by atoms with Crippen molar-refractivity contribution in [2.24, 2.45) is 23.5 Å². The van der Waals surface area contributed by atoms with Crippen molar-refractivity contribution in [3.05, 3.63) is 22.2 Å². The highest BCUT2D eigenvalue weighted by Crippen LogP contribution is 2.47. The smallest absolute Gasteiger partial charge is 0.225 e. The van der Waals surface area contributed by atoms with E-state index in [9.17, 15) is 4.79 Å². The van der Waals surface area contributed by atoms with Crippen LogP contribution in [0.1, 0.15) is 24.8 Å². The van der Waals surface area contributed by atoms with Gasteiger partial charge >= 0.3 is 0 Å². The first kappa shape index (κ1) is 16.6. The van der Waals surface area contributed by atoms with Crippen LogP contribution in [0.3, 0.4) is 0 Å². The molecule has 2 fully saturated rings. The number of halogens is 1. The third-order valence-electron chi connectivity index (χ3n) is 5.29. The van der Waals surface area contributed by atoms with Gasteiger partial charge in [-0.3, -0.25) is 4.79 Å². The lowest BCUT2D eigenvalue weighted by molar-refractivity contribution is -0.127. The molecule has 3 rings (SSSR count). The molecule has 2 saturated carbocycles. The monoisotopic (exact) mass is 382 g/mol. The molecule has 0 spiro atoms. The van der Waals surface area contributed by atoms with Crippen molar-refractivity contribution in [2.75, 3.05) is 14.2 Å². The Morgan fingerprint density at radius 3 is 2.52 bits per heavy atom. The molecule has 4 atom stereocenters. The second-order valence-electron chi connectivity index (χ2n) is 6.45. The van der Waals surface area contributed by atoms with Gasteiger partial charge in [-0.05, 0) is 48.8 Å². The van der Waals surface area contributed by atoms with Crippen LogP contribution in [0.15, 0.2) is 16.6 Å². The molecule has 0 heterocycles. The molecule has 0 radical (unpaired) electrons. The van der Waals surface area contributed by atoms with Gasteiger partial charge in [0, 0.05) is 17.1 Å². The number of ether oxygens (including phenoxy) is 2. The second kappa shape index (κ2) is 6.69. The van der Waals surface area contributed by atoms with Crippen molar-refractivity contribution in [2.45, 2.75) is 31.8 Å². The van der Waals surface area contributed by atoms with Gasteiger partial charge in [0.05, 0.1) is 20.1 Å². The van der Waals surface area contributed by atoms with Gasteiger partial charge in [-0.25, -0.2) is 0 Å². The highest BCUT2D eigenvalue weighted by Gasteiger charge is 2.48. The van der Waals surface area contributed by atoms with Crippen LogP contribution in [0.5, 0.6) is 11.5 Å². The number of carbonyl (C=O) groups is 1. The van der Waals surface area contributed by atoms with E-state index in [1.165, 1.54) is 6.42 Å². The topological polar surface area (TPSA) is 73.6 Å². The number of rotatable bonds is 5. The third-order valence-corrected chi connectivity index (χ3v) is 6.03. The number of benzene rings is 1. The summed E-state index contributed by atoms with van der Waals surface area (Å²) in [6.45, 7) is 0.445. The minimum atomic E-state index is -0.0346. The third kappa shape index (κ3) is 3.06. The average molecular weight is 383 g/mol. The summed E-state index contributed by atoms with van der Waals surface area (Å²) < 4.78 is 11.5. The van der Waals surface area contributed by atoms with Crippen molar-refractivity contribution in [1.82, 2.24) is 5.32 Å². The molecule has 23 heavy (non-hydrogen) atoms. The molecular weight excluding hydrogens is 360 g/mol. The molecule has 0 saturated heterocycles. The number of nitrogens with two attached hydrogens (primary N) is 1. The van der Waals surface area contributed by atoms with Crippen molar-refractivity contribution < 1.29 is 14.3 Å². The van der Waals surface area contributed by atoms with E-state index in [0.29, 0.717) is 29.9 Å². The largest absolute Gasteiger partial charge is 0.493 e. The summed E-state index contributed by atoms with van der Waals surface area (Å²) in [4.78, 5) is 12.5. The molecule has 2 bridgehead atoms. The zero-order chi connectivity index (χ0) is 16.6. The van der Waals surface area contributed by atoms with Crippen LogP contribution in [0.4, 0.5) is 0 Å². The quantitative estimate of drug-likeness (QED) is 0.819. The fraction of sp³-hybridized carbons (Fsp3) is 0.588. The van der Waals surface area contributed by atoms with Gasteiger partial charge in [-0.15, -0.1) is 0 Å². The number of hydrogen-bond acceptors (Lipinski definition) is 4. The van der Waals surface area contributed by atoms with E-state index >= 15 is 0 Å². The Bertz CT molecular complexity index is 606. The standard InChI is InChI=1S/C17H23BrN2O3/c1-22-13-6-11(12(18)7-14(13)23-2)8-20-17(21)15-9-3-4-10(5-9)16(15)19/h6-7,9-10,15-16H,3-5,8,19H2,1-2H3,(H,20,21). The number of hydrogen-bond donors (Lipinski definition) is 2. The average Bonchev–Trinajstić information content (AvgIpc) is 3.14. The van der Waals surface area contributed by atoms with Crippen molar-refractivity contribution in [1.29, 1.82) is 0 Å². The van der Waals surface area contributed by atoms with E-state index in [1.807, 2.05) is 12.1 Å². The highest BCUT2D eigenvalue weighted by molar-refractivity contribution is 9.10. The van der Waals surface area contributed by atoms with E-state index in [4.69, 9.17) is 15.2 Å². The van der Waals surface area contributed by atoms with Gasteiger partial charge in [-0.2, -0.15) is 0 Å². The maximum absolute atomic E-state index is 12.5. The lowest BCUT2D eigenvalue weighted by atomic mass is 9.84. The number of fused-ring (bicyclic) bond motifs is 2. The summed E-state index contributed by atoms with van der Waals surface area (Å²) in [5.74, 6) is 2.34. The minimum absolute atomic E-state index is 0.0163. The van der Waals surface area contributed by atoms with Crippen LogP contribution in [0.25, 0.3) is 0 Å². The van der Waals surface area contributed by atoms with Gasteiger partial charge in [0.25, 0.3) is 0 Å². The molecule has 1 amide bonds. The Balaban J connectivity index is 1.67. The highest BCUT2D eigenvalue weighted by atomic mass is 79.9. The van der Waals surface area contributed by atoms with Crippen molar-refractivity contribution >= 4 is 21.8 Å².